The number of rotatable bonds is 5. The maximum atomic E-state index is 12.0. The lowest BCUT2D eigenvalue weighted by atomic mass is 10.1. The van der Waals surface area contributed by atoms with E-state index >= 15 is 0 Å². The van der Waals surface area contributed by atoms with Gasteiger partial charge in [0.2, 0.25) is 0 Å². The molecule has 1 amide bonds. The number of nitrogens with one attached hydrogen (secondary N) is 1. The summed E-state index contributed by atoms with van der Waals surface area (Å²) in [7, 11) is 0. The fraction of sp³-hybridized carbons (Fsp3) is 0.167. The van der Waals surface area contributed by atoms with Gasteiger partial charge in [0, 0.05) is 5.56 Å². The molecule has 0 aliphatic heterocycles. The number of esters is 1. The van der Waals surface area contributed by atoms with Crippen LogP contribution in [0.1, 0.15) is 33.2 Å². The first kappa shape index (κ1) is 18.8. The Hall–Kier alpha value is -3.55. The first-order valence-corrected chi connectivity index (χ1v) is 7.69. The fourth-order valence-electron chi connectivity index (χ4n) is 2.09. The molecule has 0 spiro atoms. The summed E-state index contributed by atoms with van der Waals surface area (Å²) in [4.78, 5) is 39.9. The molecule has 0 aliphatic carbocycles. The predicted molar refractivity (Wildman–Crippen MR) is 89.4 cm³/mol. The van der Waals surface area contributed by atoms with Crippen molar-refractivity contribution >= 4 is 17.8 Å². The van der Waals surface area contributed by atoms with E-state index in [0.717, 1.165) is 12.1 Å². The number of carbonyl (C=O) groups excluding carboxylic acids is 3. The van der Waals surface area contributed by atoms with Crippen LogP contribution in [0.5, 0.6) is 11.5 Å². The molecule has 0 aliphatic rings. The molecule has 0 saturated carbocycles. The van der Waals surface area contributed by atoms with Crippen LogP contribution in [-0.2, 0) is 20.8 Å². The van der Waals surface area contributed by atoms with Crippen molar-refractivity contribution in [1.82, 2.24) is 5.48 Å². The lowest BCUT2D eigenvalue weighted by Gasteiger charge is -2.10. The van der Waals surface area contributed by atoms with Gasteiger partial charge in [0.1, 0.15) is 11.5 Å². The van der Waals surface area contributed by atoms with E-state index in [1.54, 1.807) is 25.1 Å². The van der Waals surface area contributed by atoms with Gasteiger partial charge in [-0.05, 0) is 31.2 Å². The smallest absolute Gasteiger partial charge is 0.362 e. The fourth-order valence-corrected chi connectivity index (χ4v) is 2.09. The van der Waals surface area contributed by atoms with Gasteiger partial charge in [0.05, 0.1) is 24.2 Å². The average molecular weight is 359 g/mol. The summed E-state index contributed by atoms with van der Waals surface area (Å²) in [5.74, 6) is -3.19. The molecule has 8 nitrogen and oxygen atoms in total. The second kappa shape index (κ2) is 8.52. The Morgan fingerprint density at radius 1 is 1.04 bits per heavy atom. The number of benzene rings is 2. The maximum absolute atomic E-state index is 12.0. The highest BCUT2D eigenvalue weighted by atomic mass is 16.7. The molecule has 8 heteroatoms. The van der Waals surface area contributed by atoms with E-state index in [2.05, 4.69) is 4.84 Å². The van der Waals surface area contributed by atoms with E-state index in [-0.39, 0.29) is 35.5 Å². The number of carbonyl (C=O) groups is 3. The number of hydrogen-bond acceptors (Lipinski definition) is 7. The number of hydrogen-bond donors (Lipinski definition) is 3. The Labute approximate surface area is 148 Å². The molecule has 0 radical (unpaired) electrons. The van der Waals surface area contributed by atoms with Crippen LogP contribution < -0.4 is 5.48 Å². The third-order valence-electron chi connectivity index (χ3n) is 3.33. The van der Waals surface area contributed by atoms with Gasteiger partial charge in [-0.15, -0.1) is 0 Å². The van der Waals surface area contributed by atoms with Crippen LogP contribution in [0.4, 0.5) is 0 Å². The zero-order valence-electron chi connectivity index (χ0n) is 13.9. The summed E-state index contributed by atoms with van der Waals surface area (Å²) >= 11 is 0. The quantitative estimate of drug-likeness (QED) is 0.422. The first-order chi connectivity index (χ1) is 12.4. The van der Waals surface area contributed by atoms with E-state index in [1.165, 1.54) is 12.1 Å². The highest BCUT2D eigenvalue weighted by Crippen LogP contribution is 2.28. The minimum Gasteiger partial charge on any atom is -0.508 e. The zero-order valence-corrected chi connectivity index (χ0v) is 13.9. The molecule has 2 aromatic rings. The van der Waals surface area contributed by atoms with Crippen molar-refractivity contribution in [2.45, 2.75) is 13.3 Å². The maximum Gasteiger partial charge on any atom is 0.362 e. The van der Waals surface area contributed by atoms with Gasteiger partial charge in [-0.3, -0.25) is 9.59 Å². The lowest BCUT2D eigenvalue weighted by Crippen LogP contribution is -2.27. The Bertz CT molecular complexity index is 818. The van der Waals surface area contributed by atoms with Gasteiger partial charge in [0.15, 0.2) is 0 Å². The Morgan fingerprint density at radius 2 is 1.73 bits per heavy atom. The highest BCUT2D eigenvalue weighted by molar-refractivity contribution is 5.98. The van der Waals surface area contributed by atoms with Gasteiger partial charge < -0.3 is 19.8 Å². The standard InChI is InChI=1S/C18H17NO7/c1-2-25-16(22)9-12-8-15(21)13(10-14(12)20)17(23)19-26-18(24)11-6-4-3-5-7-11/h3-8,10,20-21H,2,9H2,1H3,(H,19,23). The van der Waals surface area contributed by atoms with Crippen LogP contribution in [0, 0.1) is 0 Å². The molecule has 2 rings (SSSR count). The molecule has 2 aromatic carbocycles. The molecule has 0 atom stereocenters. The van der Waals surface area contributed by atoms with E-state index < -0.39 is 23.6 Å². The molecule has 0 fully saturated rings. The Morgan fingerprint density at radius 3 is 2.38 bits per heavy atom. The van der Waals surface area contributed by atoms with Crippen molar-refractivity contribution in [1.29, 1.82) is 0 Å². The van der Waals surface area contributed by atoms with Gasteiger partial charge in [-0.2, -0.15) is 5.48 Å². The monoisotopic (exact) mass is 359 g/mol. The average Bonchev–Trinajstić information content (AvgIpc) is 2.63. The number of phenols is 2. The molecule has 0 heterocycles. The first-order valence-electron chi connectivity index (χ1n) is 7.69. The van der Waals surface area contributed by atoms with Crippen LogP contribution in [-0.4, -0.2) is 34.7 Å². The molecule has 0 saturated heterocycles. The number of ether oxygens (including phenoxy) is 1. The molecule has 0 aromatic heterocycles. The Balaban J connectivity index is 2.06. The SMILES string of the molecule is CCOC(=O)Cc1cc(O)c(C(=O)NOC(=O)c2ccccc2)cc1O. The minimum atomic E-state index is -0.940. The van der Waals surface area contributed by atoms with Crippen LogP contribution in [0.25, 0.3) is 0 Å². The normalized spacial score (nSPS) is 10.0. The number of phenolic OH excluding ortho intramolecular Hbond substituents is 2. The van der Waals surface area contributed by atoms with Crippen LogP contribution >= 0.6 is 0 Å². The summed E-state index contributed by atoms with van der Waals surface area (Å²) in [6, 6.07) is 10.0. The summed E-state index contributed by atoms with van der Waals surface area (Å²) in [5, 5.41) is 19.9. The number of amides is 1. The number of aromatic hydroxyl groups is 2. The van der Waals surface area contributed by atoms with E-state index in [9.17, 15) is 24.6 Å². The van der Waals surface area contributed by atoms with Crippen LogP contribution in [0.2, 0.25) is 0 Å². The minimum absolute atomic E-state index is 0.0961. The summed E-state index contributed by atoms with van der Waals surface area (Å²) in [5.41, 5.74) is 1.89. The van der Waals surface area contributed by atoms with Crippen molar-refractivity contribution in [3.63, 3.8) is 0 Å². The van der Waals surface area contributed by atoms with Crippen molar-refractivity contribution < 1.29 is 34.2 Å². The van der Waals surface area contributed by atoms with E-state index in [0.29, 0.717) is 0 Å². The molecule has 0 bridgehead atoms. The molecule has 26 heavy (non-hydrogen) atoms. The molecular weight excluding hydrogens is 342 g/mol. The second-order valence-electron chi connectivity index (χ2n) is 5.17. The van der Waals surface area contributed by atoms with Crippen LogP contribution in [0.15, 0.2) is 42.5 Å². The predicted octanol–water partition coefficient (Wildman–Crippen LogP) is 1.71. The van der Waals surface area contributed by atoms with E-state index in [4.69, 9.17) is 4.74 Å². The topological polar surface area (TPSA) is 122 Å². The van der Waals surface area contributed by atoms with Crippen molar-refractivity contribution in [3.05, 3.63) is 59.2 Å². The lowest BCUT2D eigenvalue weighted by molar-refractivity contribution is -0.142. The summed E-state index contributed by atoms with van der Waals surface area (Å²) in [6.07, 6.45) is -0.266. The Kier molecular flexibility index (Phi) is 6.15. The van der Waals surface area contributed by atoms with Crippen molar-refractivity contribution in [2.24, 2.45) is 0 Å². The van der Waals surface area contributed by atoms with Gasteiger partial charge in [0.25, 0.3) is 5.91 Å². The highest BCUT2D eigenvalue weighted by Gasteiger charge is 2.19. The van der Waals surface area contributed by atoms with Crippen molar-refractivity contribution in [2.75, 3.05) is 6.61 Å². The summed E-state index contributed by atoms with van der Waals surface area (Å²) < 4.78 is 4.76. The largest absolute Gasteiger partial charge is 0.508 e. The number of hydroxylamine groups is 1. The van der Waals surface area contributed by atoms with Crippen LogP contribution in [0.3, 0.4) is 0 Å². The zero-order chi connectivity index (χ0) is 19.1. The molecule has 136 valence electrons. The third-order valence-corrected chi connectivity index (χ3v) is 3.33. The molecule has 3 N–H and O–H groups in total. The second-order valence-corrected chi connectivity index (χ2v) is 5.17. The summed E-state index contributed by atoms with van der Waals surface area (Å²) in [6.45, 7) is 1.82. The van der Waals surface area contributed by atoms with Gasteiger partial charge >= 0.3 is 11.9 Å². The van der Waals surface area contributed by atoms with Gasteiger partial charge in [-0.25, -0.2) is 4.79 Å². The molecular formula is C18H17NO7. The molecule has 0 unspecified atom stereocenters. The van der Waals surface area contributed by atoms with E-state index in [1.807, 2.05) is 5.48 Å². The third kappa shape index (κ3) is 4.73. The van der Waals surface area contributed by atoms with Crippen molar-refractivity contribution in [3.8, 4) is 11.5 Å². The van der Waals surface area contributed by atoms with Gasteiger partial charge in [-0.1, -0.05) is 18.2 Å².